The first kappa shape index (κ1) is 17.0. The summed E-state index contributed by atoms with van der Waals surface area (Å²) in [6.45, 7) is 3.12. The molecule has 0 bridgehead atoms. The molecule has 0 atom stereocenters. The molecule has 1 aromatic heterocycles. The third-order valence-electron chi connectivity index (χ3n) is 5.22. The topological polar surface area (TPSA) is 84.8 Å². The van der Waals surface area contributed by atoms with Crippen molar-refractivity contribution in [3.63, 3.8) is 0 Å². The Bertz CT molecular complexity index is 783. The minimum absolute atomic E-state index is 0.0238. The molecule has 0 amide bonds. The zero-order chi connectivity index (χ0) is 17.9. The molecule has 0 spiro atoms. The Labute approximate surface area is 151 Å². The van der Waals surface area contributed by atoms with E-state index in [0.717, 1.165) is 48.4 Å². The van der Waals surface area contributed by atoms with Gasteiger partial charge in [-0.3, -0.25) is 9.78 Å². The van der Waals surface area contributed by atoms with Crippen LogP contribution in [-0.2, 0) is 9.53 Å². The molecule has 2 heterocycles. The Morgan fingerprint density at radius 1 is 1.12 bits per heavy atom. The Kier molecular flexibility index (Phi) is 4.88. The van der Waals surface area contributed by atoms with Crippen LogP contribution in [0.25, 0.3) is 11.0 Å². The van der Waals surface area contributed by atoms with Gasteiger partial charge in [-0.05, 0) is 31.7 Å². The first-order chi connectivity index (χ1) is 12.7. The third-order valence-corrected chi connectivity index (χ3v) is 5.22. The number of nitrogens with zero attached hydrogens (tertiary/aromatic N) is 3. The first-order valence-electron chi connectivity index (χ1n) is 9.17. The van der Waals surface area contributed by atoms with Gasteiger partial charge >= 0.3 is 5.97 Å². The zero-order valence-electron chi connectivity index (χ0n) is 14.6. The predicted molar refractivity (Wildman–Crippen MR) is 96.6 cm³/mol. The highest BCUT2D eigenvalue weighted by atomic mass is 16.5. The number of hydrogen-bond donors (Lipinski definition) is 1. The molecule has 1 aliphatic carbocycles. The Balaban J connectivity index is 1.58. The number of fused-ring (bicyclic) bond motifs is 1. The second-order valence-corrected chi connectivity index (χ2v) is 6.90. The lowest BCUT2D eigenvalue weighted by molar-refractivity contribution is -0.143. The fourth-order valence-electron chi connectivity index (χ4n) is 3.73. The van der Waals surface area contributed by atoms with Crippen molar-refractivity contribution in [3.8, 4) is 5.75 Å². The van der Waals surface area contributed by atoms with Crippen LogP contribution in [0, 0.1) is 5.92 Å². The van der Waals surface area contributed by atoms with E-state index in [2.05, 4.69) is 14.9 Å². The van der Waals surface area contributed by atoms with Crippen LogP contribution in [0.5, 0.6) is 5.75 Å². The third kappa shape index (κ3) is 3.58. The average Bonchev–Trinajstić information content (AvgIpc) is 2.69. The van der Waals surface area contributed by atoms with Gasteiger partial charge in [-0.25, -0.2) is 4.98 Å². The second kappa shape index (κ2) is 7.45. The number of anilines is 1. The van der Waals surface area contributed by atoms with Crippen molar-refractivity contribution in [2.75, 3.05) is 31.2 Å². The van der Waals surface area contributed by atoms with E-state index in [0.29, 0.717) is 26.1 Å². The Hall–Kier alpha value is -2.41. The summed E-state index contributed by atoms with van der Waals surface area (Å²) in [7, 11) is 0. The summed E-state index contributed by atoms with van der Waals surface area (Å²) in [5.41, 5.74) is 2.63. The quantitative estimate of drug-likeness (QED) is 0.900. The second-order valence-electron chi connectivity index (χ2n) is 6.90. The Morgan fingerprint density at radius 3 is 2.58 bits per heavy atom. The molecule has 1 saturated heterocycles. The van der Waals surface area contributed by atoms with Crippen LogP contribution in [0.4, 0.5) is 5.69 Å². The van der Waals surface area contributed by atoms with Gasteiger partial charge in [0.15, 0.2) is 0 Å². The van der Waals surface area contributed by atoms with Gasteiger partial charge in [0.05, 0.1) is 30.8 Å². The highest BCUT2D eigenvalue weighted by molar-refractivity contribution is 5.85. The van der Waals surface area contributed by atoms with Crippen molar-refractivity contribution in [2.45, 2.75) is 31.8 Å². The number of morpholine rings is 1. The number of rotatable bonds is 4. The summed E-state index contributed by atoms with van der Waals surface area (Å²) in [5.74, 6) is -0.212. The standard InChI is InChI=1S/C19H23N3O4/c23-19(24)13-1-3-15(4-2-13)26-17-12-14(22-7-9-25-10-8-22)11-16-18(17)21-6-5-20-16/h5-6,11-13,15H,1-4,7-10H2,(H,23,24). The van der Waals surface area contributed by atoms with E-state index in [1.165, 1.54) is 0 Å². The summed E-state index contributed by atoms with van der Waals surface area (Å²) in [6.07, 6.45) is 6.20. The van der Waals surface area contributed by atoms with Crippen LogP contribution in [0.15, 0.2) is 24.5 Å². The number of carboxylic acid groups (broad SMARTS) is 1. The van der Waals surface area contributed by atoms with Crippen molar-refractivity contribution in [1.82, 2.24) is 9.97 Å². The summed E-state index contributed by atoms with van der Waals surface area (Å²) in [6, 6.07) is 4.08. The molecule has 2 fully saturated rings. The SMILES string of the molecule is O=C(O)C1CCC(Oc2cc(N3CCOCC3)cc3nccnc23)CC1. The number of carbonyl (C=O) groups is 1. The molecule has 7 nitrogen and oxygen atoms in total. The van der Waals surface area contributed by atoms with Crippen LogP contribution in [0.3, 0.4) is 0 Å². The maximum absolute atomic E-state index is 11.1. The number of aromatic nitrogens is 2. The molecule has 1 aliphatic heterocycles. The first-order valence-corrected chi connectivity index (χ1v) is 9.17. The van der Waals surface area contributed by atoms with E-state index in [-0.39, 0.29) is 12.0 Å². The molecule has 1 N–H and O–H groups in total. The largest absolute Gasteiger partial charge is 0.488 e. The summed E-state index contributed by atoms with van der Waals surface area (Å²) in [5, 5.41) is 9.16. The van der Waals surface area contributed by atoms with Crippen molar-refractivity contribution in [3.05, 3.63) is 24.5 Å². The Morgan fingerprint density at radius 2 is 1.85 bits per heavy atom. The van der Waals surface area contributed by atoms with E-state index in [1.807, 2.05) is 12.1 Å². The number of hydrogen-bond acceptors (Lipinski definition) is 6. The highest BCUT2D eigenvalue weighted by Gasteiger charge is 2.27. The van der Waals surface area contributed by atoms with Gasteiger partial charge in [0.1, 0.15) is 11.3 Å². The number of aliphatic carboxylic acids is 1. The number of benzene rings is 1. The fourth-order valence-corrected chi connectivity index (χ4v) is 3.73. The van der Waals surface area contributed by atoms with E-state index >= 15 is 0 Å². The van der Waals surface area contributed by atoms with E-state index in [1.54, 1.807) is 12.4 Å². The fraction of sp³-hybridized carbons (Fsp3) is 0.526. The summed E-state index contributed by atoms with van der Waals surface area (Å²) < 4.78 is 11.7. The van der Waals surface area contributed by atoms with Gasteiger partial charge in [0.2, 0.25) is 0 Å². The highest BCUT2D eigenvalue weighted by Crippen LogP contribution is 2.33. The molecule has 2 aliphatic rings. The lowest BCUT2D eigenvalue weighted by Crippen LogP contribution is -2.36. The van der Waals surface area contributed by atoms with Crippen LogP contribution < -0.4 is 9.64 Å². The lowest BCUT2D eigenvalue weighted by Gasteiger charge is -2.30. The monoisotopic (exact) mass is 357 g/mol. The molecule has 7 heteroatoms. The summed E-state index contributed by atoms with van der Waals surface area (Å²) in [4.78, 5) is 22.3. The molecule has 0 unspecified atom stereocenters. The molecule has 1 saturated carbocycles. The van der Waals surface area contributed by atoms with Gasteiger partial charge < -0.3 is 19.5 Å². The molecule has 1 aromatic carbocycles. The lowest BCUT2D eigenvalue weighted by atomic mass is 9.87. The smallest absolute Gasteiger partial charge is 0.306 e. The van der Waals surface area contributed by atoms with Crippen molar-refractivity contribution < 1.29 is 19.4 Å². The number of ether oxygens (including phenoxy) is 2. The zero-order valence-corrected chi connectivity index (χ0v) is 14.6. The number of carboxylic acids is 1. The molecular formula is C19H23N3O4. The average molecular weight is 357 g/mol. The van der Waals surface area contributed by atoms with Crippen LogP contribution in [-0.4, -0.2) is 53.5 Å². The normalized spacial score (nSPS) is 23.8. The van der Waals surface area contributed by atoms with Gasteiger partial charge in [0.25, 0.3) is 0 Å². The van der Waals surface area contributed by atoms with Crippen molar-refractivity contribution in [1.29, 1.82) is 0 Å². The van der Waals surface area contributed by atoms with Crippen LogP contribution in [0.1, 0.15) is 25.7 Å². The maximum atomic E-state index is 11.1. The van der Waals surface area contributed by atoms with E-state index < -0.39 is 5.97 Å². The molecular weight excluding hydrogens is 334 g/mol. The van der Waals surface area contributed by atoms with Gasteiger partial charge in [-0.15, -0.1) is 0 Å². The van der Waals surface area contributed by atoms with Crippen molar-refractivity contribution in [2.24, 2.45) is 5.92 Å². The molecule has 0 radical (unpaired) electrons. The minimum Gasteiger partial charge on any atom is -0.488 e. The molecule has 26 heavy (non-hydrogen) atoms. The molecule has 2 aromatic rings. The van der Waals surface area contributed by atoms with Crippen molar-refractivity contribution >= 4 is 22.7 Å². The predicted octanol–water partition coefficient (Wildman–Crippen LogP) is 2.49. The van der Waals surface area contributed by atoms with Crippen LogP contribution in [0.2, 0.25) is 0 Å². The summed E-state index contributed by atoms with van der Waals surface area (Å²) >= 11 is 0. The van der Waals surface area contributed by atoms with Gasteiger partial charge in [-0.2, -0.15) is 0 Å². The van der Waals surface area contributed by atoms with Gasteiger partial charge in [0, 0.05) is 37.2 Å². The van der Waals surface area contributed by atoms with E-state index in [9.17, 15) is 4.79 Å². The van der Waals surface area contributed by atoms with E-state index in [4.69, 9.17) is 14.6 Å². The maximum Gasteiger partial charge on any atom is 0.306 e. The molecule has 138 valence electrons. The minimum atomic E-state index is -0.700. The van der Waals surface area contributed by atoms with Crippen LogP contribution >= 0.6 is 0 Å². The molecule has 4 rings (SSSR count). The van der Waals surface area contributed by atoms with Gasteiger partial charge in [-0.1, -0.05) is 0 Å².